The number of nitrogens with zero attached hydrogens (tertiary/aromatic N) is 1. The van der Waals surface area contributed by atoms with Crippen LogP contribution in [0.25, 0.3) is 0 Å². The summed E-state index contributed by atoms with van der Waals surface area (Å²) in [5.41, 5.74) is 0.266. The first-order chi connectivity index (χ1) is 8.61. The lowest BCUT2D eigenvalue weighted by molar-refractivity contribution is -0.129. The Hall–Kier alpha value is -1.29. The van der Waals surface area contributed by atoms with E-state index in [1.54, 1.807) is 0 Å². The monoisotopic (exact) mass is 270 g/mol. The van der Waals surface area contributed by atoms with Gasteiger partial charge in [0.05, 0.1) is 12.2 Å². The molecular weight excluding hydrogens is 255 g/mol. The number of amides is 1. The number of nitrogens with one attached hydrogen (secondary N) is 1. The summed E-state index contributed by atoms with van der Waals surface area (Å²) in [5.74, 6) is -0.402. The molecule has 1 aromatic rings. The van der Waals surface area contributed by atoms with Crippen LogP contribution in [0.5, 0.6) is 0 Å². The van der Waals surface area contributed by atoms with Crippen molar-refractivity contribution in [2.75, 3.05) is 18.4 Å². The highest BCUT2D eigenvalue weighted by Gasteiger charge is 2.30. The number of carbonyl (C=O) groups is 1. The molecule has 0 aliphatic heterocycles. The lowest BCUT2D eigenvalue weighted by atomic mass is 10.3. The average molecular weight is 271 g/mol. The fourth-order valence-electron chi connectivity index (χ4n) is 1.93. The van der Waals surface area contributed by atoms with Crippen molar-refractivity contribution in [3.05, 3.63) is 29.0 Å². The zero-order chi connectivity index (χ0) is 13.1. The molecule has 1 saturated carbocycles. The van der Waals surface area contributed by atoms with Gasteiger partial charge in [0.2, 0.25) is 5.91 Å². The van der Waals surface area contributed by atoms with Crippen LogP contribution in [-0.2, 0) is 4.79 Å². The predicted octanol–water partition coefficient (Wildman–Crippen LogP) is 2.90. The first kappa shape index (κ1) is 13.1. The molecule has 1 fully saturated rings. The lowest BCUT2D eigenvalue weighted by Gasteiger charge is -2.20. The summed E-state index contributed by atoms with van der Waals surface area (Å²) in [7, 11) is 0. The highest BCUT2D eigenvalue weighted by Crippen LogP contribution is 2.26. The standard InChI is InChI=1S/C13H16ClFN2O/c1-2-17(10-4-5-10)13(18)8-16-12-7-9(14)3-6-11(12)15/h3,6-7,10,16H,2,4-5,8H2,1H3. The van der Waals surface area contributed by atoms with Crippen molar-refractivity contribution in [3.8, 4) is 0 Å². The average Bonchev–Trinajstić information content (AvgIpc) is 3.16. The van der Waals surface area contributed by atoms with Gasteiger partial charge in [-0.1, -0.05) is 11.6 Å². The minimum atomic E-state index is -0.401. The molecule has 98 valence electrons. The quantitative estimate of drug-likeness (QED) is 0.892. The third-order valence-corrected chi connectivity index (χ3v) is 3.24. The highest BCUT2D eigenvalue weighted by molar-refractivity contribution is 6.30. The van der Waals surface area contributed by atoms with Crippen molar-refractivity contribution < 1.29 is 9.18 Å². The molecular formula is C13H16ClFN2O. The van der Waals surface area contributed by atoms with Crippen LogP contribution < -0.4 is 5.32 Å². The molecule has 5 heteroatoms. The molecule has 0 spiro atoms. The normalized spacial score (nSPS) is 14.4. The molecule has 1 N–H and O–H groups in total. The minimum absolute atomic E-state index is 0.000578. The summed E-state index contributed by atoms with van der Waals surface area (Å²) in [5, 5.41) is 3.25. The molecule has 18 heavy (non-hydrogen) atoms. The highest BCUT2D eigenvalue weighted by atomic mass is 35.5. The van der Waals surface area contributed by atoms with E-state index in [1.807, 2.05) is 11.8 Å². The SMILES string of the molecule is CCN(C(=O)CNc1cc(Cl)ccc1F)C1CC1. The van der Waals surface area contributed by atoms with Crippen molar-refractivity contribution in [2.45, 2.75) is 25.8 Å². The zero-order valence-corrected chi connectivity index (χ0v) is 11.0. The Labute approximate surface area is 111 Å². The van der Waals surface area contributed by atoms with Crippen LogP contribution in [0.3, 0.4) is 0 Å². The molecule has 1 aliphatic rings. The van der Waals surface area contributed by atoms with E-state index in [0.717, 1.165) is 12.8 Å². The van der Waals surface area contributed by atoms with Crippen LogP contribution >= 0.6 is 11.6 Å². The second-order valence-electron chi connectivity index (χ2n) is 4.39. The number of halogens is 2. The molecule has 1 aromatic carbocycles. The maximum Gasteiger partial charge on any atom is 0.242 e. The predicted molar refractivity (Wildman–Crippen MR) is 70.3 cm³/mol. The molecule has 0 aromatic heterocycles. The summed E-state index contributed by atoms with van der Waals surface area (Å²) in [6.45, 7) is 2.75. The van der Waals surface area contributed by atoms with Crippen LogP contribution in [0.1, 0.15) is 19.8 Å². The number of anilines is 1. The van der Waals surface area contributed by atoms with E-state index >= 15 is 0 Å². The lowest BCUT2D eigenvalue weighted by Crippen LogP contribution is -2.37. The molecule has 0 heterocycles. The fraction of sp³-hybridized carbons (Fsp3) is 0.462. The van der Waals surface area contributed by atoms with Crippen LogP contribution in [0, 0.1) is 5.82 Å². The molecule has 0 atom stereocenters. The molecule has 2 rings (SSSR count). The summed E-state index contributed by atoms with van der Waals surface area (Å²) < 4.78 is 13.4. The van der Waals surface area contributed by atoms with E-state index in [9.17, 15) is 9.18 Å². The van der Waals surface area contributed by atoms with Gasteiger partial charge in [-0.2, -0.15) is 0 Å². The van der Waals surface area contributed by atoms with Crippen molar-refractivity contribution >= 4 is 23.2 Å². The van der Waals surface area contributed by atoms with E-state index < -0.39 is 5.82 Å². The first-order valence-electron chi connectivity index (χ1n) is 6.10. The Morgan fingerprint density at radius 3 is 2.89 bits per heavy atom. The number of carbonyl (C=O) groups excluding carboxylic acids is 1. The minimum Gasteiger partial charge on any atom is -0.374 e. The summed E-state index contributed by atoms with van der Waals surface area (Å²) in [6.07, 6.45) is 2.15. The number of hydrogen-bond acceptors (Lipinski definition) is 2. The second kappa shape index (κ2) is 5.57. The largest absolute Gasteiger partial charge is 0.374 e. The van der Waals surface area contributed by atoms with Gasteiger partial charge < -0.3 is 10.2 Å². The van der Waals surface area contributed by atoms with Crippen molar-refractivity contribution in [1.82, 2.24) is 4.90 Å². The maximum absolute atomic E-state index is 13.4. The number of hydrogen-bond donors (Lipinski definition) is 1. The van der Waals surface area contributed by atoms with E-state index in [4.69, 9.17) is 11.6 Å². The summed E-state index contributed by atoms with van der Waals surface area (Å²) in [6, 6.07) is 4.63. The topological polar surface area (TPSA) is 32.3 Å². The Balaban J connectivity index is 1.94. The van der Waals surface area contributed by atoms with Crippen molar-refractivity contribution in [2.24, 2.45) is 0 Å². The first-order valence-corrected chi connectivity index (χ1v) is 6.48. The van der Waals surface area contributed by atoms with Gasteiger partial charge in [0.25, 0.3) is 0 Å². The fourth-order valence-corrected chi connectivity index (χ4v) is 2.10. The third kappa shape index (κ3) is 3.13. The van der Waals surface area contributed by atoms with Crippen LogP contribution in [-0.4, -0.2) is 29.9 Å². The second-order valence-corrected chi connectivity index (χ2v) is 4.83. The van der Waals surface area contributed by atoms with E-state index in [-0.39, 0.29) is 18.1 Å². The van der Waals surface area contributed by atoms with Gasteiger partial charge in [0.1, 0.15) is 5.82 Å². The summed E-state index contributed by atoms with van der Waals surface area (Å²) >= 11 is 5.78. The van der Waals surface area contributed by atoms with Crippen LogP contribution in [0.15, 0.2) is 18.2 Å². The Morgan fingerprint density at radius 2 is 2.28 bits per heavy atom. The van der Waals surface area contributed by atoms with Gasteiger partial charge >= 0.3 is 0 Å². The van der Waals surface area contributed by atoms with Crippen molar-refractivity contribution in [3.63, 3.8) is 0 Å². The van der Waals surface area contributed by atoms with Gasteiger partial charge in [-0.25, -0.2) is 4.39 Å². The van der Waals surface area contributed by atoms with Gasteiger partial charge in [-0.15, -0.1) is 0 Å². The molecule has 0 radical (unpaired) electrons. The van der Waals surface area contributed by atoms with Crippen LogP contribution in [0.4, 0.5) is 10.1 Å². The van der Waals surface area contributed by atoms with Crippen LogP contribution in [0.2, 0.25) is 5.02 Å². The smallest absolute Gasteiger partial charge is 0.242 e. The number of rotatable bonds is 5. The van der Waals surface area contributed by atoms with Gasteiger partial charge in [-0.05, 0) is 38.0 Å². The number of likely N-dealkylation sites (N-methyl/N-ethyl adjacent to an activating group) is 1. The Bertz CT molecular complexity index is 449. The summed E-state index contributed by atoms with van der Waals surface area (Å²) in [4.78, 5) is 13.8. The molecule has 0 saturated heterocycles. The maximum atomic E-state index is 13.4. The Kier molecular flexibility index (Phi) is 4.07. The third-order valence-electron chi connectivity index (χ3n) is 3.01. The van der Waals surface area contributed by atoms with Gasteiger partial charge in [0.15, 0.2) is 0 Å². The van der Waals surface area contributed by atoms with Gasteiger partial charge in [0, 0.05) is 17.6 Å². The van der Waals surface area contributed by atoms with E-state index in [1.165, 1.54) is 18.2 Å². The molecule has 3 nitrogen and oxygen atoms in total. The molecule has 0 bridgehead atoms. The van der Waals surface area contributed by atoms with Gasteiger partial charge in [-0.3, -0.25) is 4.79 Å². The van der Waals surface area contributed by atoms with E-state index in [2.05, 4.69) is 5.32 Å². The Morgan fingerprint density at radius 1 is 1.56 bits per heavy atom. The molecule has 1 amide bonds. The molecule has 0 unspecified atom stereocenters. The number of benzene rings is 1. The zero-order valence-electron chi connectivity index (χ0n) is 10.2. The van der Waals surface area contributed by atoms with E-state index in [0.29, 0.717) is 17.6 Å². The molecule has 1 aliphatic carbocycles. The van der Waals surface area contributed by atoms with Crippen molar-refractivity contribution in [1.29, 1.82) is 0 Å².